The van der Waals surface area contributed by atoms with Gasteiger partial charge in [0.2, 0.25) is 6.10 Å². The van der Waals surface area contributed by atoms with Gasteiger partial charge in [-0.05, 0) is 31.2 Å². The number of esters is 2. The lowest BCUT2D eigenvalue weighted by Gasteiger charge is -2.27. The van der Waals surface area contributed by atoms with Gasteiger partial charge in [-0.3, -0.25) is 9.59 Å². The molecule has 33 heavy (non-hydrogen) atoms. The van der Waals surface area contributed by atoms with Crippen molar-refractivity contribution in [1.29, 1.82) is 0 Å². The Morgan fingerprint density at radius 1 is 0.909 bits per heavy atom. The van der Waals surface area contributed by atoms with Crippen molar-refractivity contribution in [2.45, 2.75) is 25.1 Å². The number of carbonyl (C=O) groups is 4. The fourth-order valence-electron chi connectivity index (χ4n) is 2.80. The molecule has 10 nitrogen and oxygen atoms in total. The van der Waals surface area contributed by atoms with Crippen LogP contribution in [0.15, 0.2) is 60.7 Å². The Morgan fingerprint density at radius 2 is 1.52 bits per heavy atom. The maximum absolute atomic E-state index is 13.1. The van der Waals surface area contributed by atoms with Gasteiger partial charge in [-0.15, -0.1) is 0 Å². The summed E-state index contributed by atoms with van der Waals surface area (Å²) in [5.41, 5.74) is 0.244. The third-order valence-electron chi connectivity index (χ3n) is 4.42. The van der Waals surface area contributed by atoms with E-state index < -0.39 is 48.5 Å². The van der Waals surface area contributed by atoms with E-state index in [-0.39, 0.29) is 17.9 Å². The van der Waals surface area contributed by atoms with Crippen molar-refractivity contribution in [3.05, 3.63) is 66.2 Å². The number of hydrogen-bond acceptors (Lipinski definition) is 8. The van der Waals surface area contributed by atoms with Gasteiger partial charge in [0.05, 0.1) is 20.3 Å². The van der Waals surface area contributed by atoms with E-state index in [4.69, 9.17) is 9.47 Å². The molecule has 0 aliphatic rings. The Hall–Kier alpha value is -3.92. The lowest BCUT2D eigenvalue weighted by atomic mass is 10.1. The molecule has 0 radical (unpaired) electrons. The van der Waals surface area contributed by atoms with Crippen LogP contribution < -0.4 is 15.4 Å². The number of ether oxygens (including phenoxy) is 3. The van der Waals surface area contributed by atoms with Crippen molar-refractivity contribution in [3.8, 4) is 5.75 Å². The summed E-state index contributed by atoms with van der Waals surface area (Å²) in [6.07, 6.45) is -1.64. The molecule has 0 aliphatic carbocycles. The smallest absolute Gasteiger partial charge is 0.333 e. The summed E-state index contributed by atoms with van der Waals surface area (Å²) in [6, 6.07) is 13.2. The van der Waals surface area contributed by atoms with Gasteiger partial charge in [0.25, 0.3) is 11.8 Å². The van der Waals surface area contributed by atoms with Crippen LogP contribution in [0.3, 0.4) is 0 Å². The quantitative estimate of drug-likeness (QED) is 0.412. The Bertz CT molecular complexity index is 936. The lowest BCUT2D eigenvalue weighted by molar-refractivity contribution is -0.152. The molecular weight excluding hydrogens is 432 g/mol. The summed E-state index contributed by atoms with van der Waals surface area (Å²) < 4.78 is 15.4. The predicted octanol–water partition coefficient (Wildman–Crippen LogP) is 0.446. The highest BCUT2D eigenvalue weighted by Crippen LogP contribution is 2.15. The minimum Gasteiger partial charge on any atom is -0.478 e. The molecule has 3 atom stereocenters. The lowest BCUT2D eigenvalue weighted by Crippen LogP contribution is -2.59. The molecule has 2 aromatic carbocycles. The Balaban J connectivity index is 2.40. The minimum atomic E-state index is -1.64. The van der Waals surface area contributed by atoms with Gasteiger partial charge in [-0.2, -0.15) is 0 Å². The van der Waals surface area contributed by atoms with Crippen molar-refractivity contribution in [2.24, 2.45) is 0 Å². The zero-order valence-corrected chi connectivity index (χ0v) is 18.2. The van der Waals surface area contributed by atoms with Gasteiger partial charge in [0.1, 0.15) is 5.75 Å². The first-order valence-corrected chi connectivity index (χ1v) is 10.1. The molecule has 0 fully saturated rings. The normalized spacial score (nSPS) is 13.1. The topological polar surface area (TPSA) is 140 Å². The molecule has 2 rings (SSSR count). The van der Waals surface area contributed by atoms with Crippen LogP contribution in [0.1, 0.15) is 17.3 Å². The van der Waals surface area contributed by atoms with Crippen molar-refractivity contribution in [1.82, 2.24) is 10.6 Å². The number of methoxy groups -OCH3 is 1. The van der Waals surface area contributed by atoms with Crippen molar-refractivity contribution < 1.29 is 38.5 Å². The summed E-state index contributed by atoms with van der Waals surface area (Å²) in [6.45, 7) is 0.800. The molecule has 0 saturated carbocycles. The molecule has 0 saturated heterocycles. The van der Waals surface area contributed by atoms with Crippen LogP contribution in [0, 0.1) is 0 Å². The molecule has 176 valence electrons. The number of benzene rings is 2. The maximum Gasteiger partial charge on any atom is 0.333 e. The average molecular weight is 458 g/mol. The number of aliphatic hydroxyl groups excluding tert-OH is 1. The first kappa shape index (κ1) is 25.3. The minimum absolute atomic E-state index is 0.0162. The zero-order valence-electron chi connectivity index (χ0n) is 18.2. The highest BCUT2D eigenvalue weighted by molar-refractivity contribution is 5.99. The second-order valence-electron chi connectivity index (χ2n) is 6.69. The van der Waals surface area contributed by atoms with E-state index in [1.807, 2.05) is 0 Å². The summed E-state index contributed by atoms with van der Waals surface area (Å²) in [7, 11) is 1.09. The number of hydrogen-bond donors (Lipinski definition) is 3. The summed E-state index contributed by atoms with van der Waals surface area (Å²) >= 11 is 0. The van der Waals surface area contributed by atoms with Crippen LogP contribution in [0.2, 0.25) is 0 Å². The van der Waals surface area contributed by atoms with E-state index in [2.05, 4.69) is 15.4 Å². The van der Waals surface area contributed by atoms with Gasteiger partial charge < -0.3 is 30.0 Å². The van der Waals surface area contributed by atoms with Crippen LogP contribution >= 0.6 is 0 Å². The van der Waals surface area contributed by atoms with Crippen LogP contribution in [-0.4, -0.2) is 67.4 Å². The number of para-hydroxylation sites is 1. The van der Waals surface area contributed by atoms with E-state index >= 15 is 0 Å². The third kappa shape index (κ3) is 7.32. The van der Waals surface area contributed by atoms with Gasteiger partial charge in [0.15, 0.2) is 12.1 Å². The van der Waals surface area contributed by atoms with E-state index in [9.17, 15) is 24.3 Å². The summed E-state index contributed by atoms with van der Waals surface area (Å²) in [5, 5.41) is 14.2. The second-order valence-corrected chi connectivity index (χ2v) is 6.69. The largest absolute Gasteiger partial charge is 0.478 e. The van der Waals surface area contributed by atoms with Gasteiger partial charge in [0, 0.05) is 5.56 Å². The Labute approximate surface area is 190 Å². The molecule has 0 heterocycles. The number of nitrogens with one attached hydrogen (secondary N) is 2. The van der Waals surface area contributed by atoms with Crippen molar-refractivity contribution >= 4 is 23.8 Å². The molecule has 0 unspecified atom stereocenters. The average Bonchev–Trinajstić information content (AvgIpc) is 2.85. The molecule has 3 N–H and O–H groups in total. The second kappa shape index (κ2) is 12.8. The summed E-state index contributed by atoms with van der Waals surface area (Å²) in [5.74, 6) is -3.19. The van der Waals surface area contributed by atoms with E-state index in [0.29, 0.717) is 0 Å². The van der Waals surface area contributed by atoms with Crippen molar-refractivity contribution in [2.75, 3.05) is 20.3 Å². The molecule has 0 aromatic heterocycles. The third-order valence-corrected chi connectivity index (χ3v) is 4.42. The Kier molecular flexibility index (Phi) is 9.84. The SMILES string of the molecule is CCOC(=O)[C@H](NC(=O)c1ccccc1)[C@@H](Oc1ccccc1)C(=O)N[C@@H](CO)C(=O)OC. The highest BCUT2D eigenvalue weighted by Gasteiger charge is 2.40. The predicted molar refractivity (Wildman–Crippen MR) is 116 cm³/mol. The van der Waals surface area contributed by atoms with Crippen LogP contribution in [0.25, 0.3) is 0 Å². The zero-order chi connectivity index (χ0) is 24.2. The first-order chi connectivity index (χ1) is 15.9. The maximum atomic E-state index is 13.1. The monoisotopic (exact) mass is 458 g/mol. The fraction of sp³-hybridized carbons (Fsp3) is 0.304. The van der Waals surface area contributed by atoms with E-state index in [0.717, 1.165) is 7.11 Å². The fourth-order valence-corrected chi connectivity index (χ4v) is 2.80. The molecule has 0 spiro atoms. The molecule has 0 bridgehead atoms. The molecular formula is C23H26N2O8. The van der Waals surface area contributed by atoms with Crippen LogP contribution in [-0.2, 0) is 23.9 Å². The Morgan fingerprint density at radius 3 is 2.06 bits per heavy atom. The number of amides is 2. The van der Waals surface area contributed by atoms with E-state index in [1.165, 1.54) is 12.1 Å². The molecule has 0 aliphatic heterocycles. The number of rotatable bonds is 11. The van der Waals surface area contributed by atoms with Gasteiger partial charge in [-0.25, -0.2) is 9.59 Å². The molecule has 2 aromatic rings. The van der Waals surface area contributed by atoms with E-state index in [1.54, 1.807) is 55.5 Å². The van der Waals surface area contributed by atoms with Gasteiger partial charge in [-0.1, -0.05) is 36.4 Å². The number of carbonyl (C=O) groups excluding carboxylic acids is 4. The molecule has 2 amide bonds. The summed E-state index contributed by atoms with van der Waals surface area (Å²) in [4.78, 5) is 50.4. The highest BCUT2D eigenvalue weighted by atomic mass is 16.5. The van der Waals surface area contributed by atoms with Crippen LogP contribution in [0.5, 0.6) is 5.75 Å². The number of aliphatic hydroxyl groups is 1. The first-order valence-electron chi connectivity index (χ1n) is 10.1. The van der Waals surface area contributed by atoms with Gasteiger partial charge >= 0.3 is 11.9 Å². The van der Waals surface area contributed by atoms with Crippen LogP contribution in [0.4, 0.5) is 0 Å². The standard InChI is InChI=1S/C23H26N2O8/c1-3-32-23(30)18(25-20(27)15-10-6-4-7-11-15)19(33-16-12-8-5-9-13-16)21(28)24-17(14-26)22(29)31-2/h4-13,17-19,26H,3,14H2,1-2H3,(H,24,28)(H,25,27)/t17-,18+,19+/m0/s1. The molecule has 10 heteroatoms. The van der Waals surface area contributed by atoms with Crippen molar-refractivity contribution in [3.63, 3.8) is 0 Å².